The van der Waals surface area contributed by atoms with Crippen molar-refractivity contribution >= 4 is 23.9 Å². The van der Waals surface area contributed by atoms with E-state index in [1.807, 2.05) is 31.5 Å². The smallest absolute Gasteiger partial charge is 0.330 e. The first-order valence-electron chi connectivity index (χ1n) is 8.28. The molecule has 0 atom stereocenters. The Hall–Kier alpha value is -2.50. The number of pyridine rings is 1. The molecule has 0 saturated carbocycles. The molecule has 1 aliphatic rings. The minimum Gasteiger partial charge on any atom is -0.330 e. The Bertz CT molecular complexity index is 606. The summed E-state index contributed by atoms with van der Waals surface area (Å²) in [6.07, 6.45) is 11.1. The van der Waals surface area contributed by atoms with E-state index in [0.29, 0.717) is 11.5 Å². The molecule has 0 N–H and O–H groups in total. The SMILES string of the molecule is C/C=C/c1cc[n+](CCCCCC(=O)ON2C(=O)CCC2=O)cc1. The maximum atomic E-state index is 11.6. The van der Waals surface area contributed by atoms with Crippen LogP contribution in [0.5, 0.6) is 0 Å². The zero-order valence-corrected chi connectivity index (χ0v) is 13.9. The maximum absolute atomic E-state index is 11.6. The van der Waals surface area contributed by atoms with Crippen molar-refractivity contribution in [2.75, 3.05) is 0 Å². The number of aromatic nitrogens is 1. The van der Waals surface area contributed by atoms with Crippen molar-refractivity contribution in [1.82, 2.24) is 5.06 Å². The zero-order chi connectivity index (χ0) is 17.4. The Kier molecular flexibility index (Phi) is 6.66. The predicted molar refractivity (Wildman–Crippen MR) is 87.0 cm³/mol. The van der Waals surface area contributed by atoms with Crippen LogP contribution in [-0.2, 0) is 25.8 Å². The summed E-state index contributed by atoms with van der Waals surface area (Å²) in [4.78, 5) is 39.1. The first-order chi connectivity index (χ1) is 11.6. The van der Waals surface area contributed by atoms with Gasteiger partial charge in [-0.15, -0.1) is 5.06 Å². The highest BCUT2D eigenvalue weighted by Gasteiger charge is 2.32. The number of unbranched alkanes of at least 4 members (excludes halogenated alkanes) is 2. The van der Waals surface area contributed by atoms with E-state index in [4.69, 9.17) is 4.84 Å². The molecule has 0 radical (unpaired) electrons. The first kappa shape index (κ1) is 17.8. The second kappa shape index (κ2) is 8.96. The van der Waals surface area contributed by atoms with Gasteiger partial charge in [-0.25, -0.2) is 9.36 Å². The average Bonchev–Trinajstić information content (AvgIpc) is 2.88. The van der Waals surface area contributed by atoms with Crippen LogP contribution in [0.15, 0.2) is 30.6 Å². The van der Waals surface area contributed by atoms with E-state index in [2.05, 4.69) is 16.7 Å². The summed E-state index contributed by atoms with van der Waals surface area (Å²) in [6.45, 7) is 2.87. The van der Waals surface area contributed by atoms with Crippen LogP contribution in [-0.4, -0.2) is 22.8 Å². The van der Waals surface area contributed by atoms with Gasteiger partial charge >= 0.3 is 5.97 Å². The molecule has 6 heteroatoms. The van der Waals surface area contributed by atoms with E-state index in [9.17, 15) is 14.4 Å². The largest absolute Gasteiger partial charge is 0.333 e. The summed E-state index contributed by atoms with van der Waals surface area (Å²) in [5.74, 6) is -1.40. The van der Waals surface area contributed by atoms with E-state index < -0.39 is 17.8 Å². The van der Waals surface area contributed by atoms with E-state index in [0.717, 1.165) is 19.4 Å². The third-order valence-electron chi connectivity index (χ3n) is 3.77. The molecule has 24 heavy (non-hydrogen) atoms. The lowest BCUT2D eigenvalue weighted by Gasteiger charge is -2.12. The van der Waals surface area contributed by atoms with Crippen LogP contribution < -0.4 is 4.57 Å². The molecule has 0 aromatic carbocycles. The number of hydrogen-bond acceptors (Lipinski definition) is 4. The lowest BCUT2D eigenvalue weighted by Crippen LogP contribution is -2.32. The van der Waals surface area contributed by atoms with Crippen molar-refractivity contribution < 1.29 is 23.8 Å². The molecular weight excluding hydrogens is 308 g/mol. The molecule has 1 aromatic rings. The molecule has 1 saturated heterocycles. The Morgan fingerprint density at radius 1 is 1.17 bits per heavy atom. The van der Waals surface area contributed by atoms with Gasteiger partial charge in [0.25, 0.3) is 11.8 Å². The summed E-state index contributed by atoms with van der Waals surface area (Å²) in [5.41, 5.74) is 1.17. The van der Waals surface area contributed by atoms with E-state index >= 15 is 0 Å². The summed E-state index contributed by atoms with van der Waals surface area (Å²) < 4.78 is 2.10. The number of allylic oxidation sites excluding steroid dienone is 1. The van der Waals surface area contributed by atoms with Gasteiger partial charge in [-0.05, 0) is 25.3 Å². The van der Waals surface area contributed by atoms with Gasteiger partial charge in [0, 0.05) is 37.8 Å². The van der Waals surface area contributed by atoms with Crippen LogP contribution in [0.3, 0.4) is 0 Å². The fourth-order valence-electron chi connectivity index (χ4n) is 2.47. The summed E-state index contributed by atoms with van der Waals surface area (Å²) >= 11 is 0. The monoisotopic (exact) mass is 331 g/mol. The highest BCUT2D eigenvalue weighted by Crippen LogP contribution is 2.13. The Labute approximate surface area is 141 Å². The molecular formula is C18H23N2O4+. The molecule has 0 spiro atoms. The molecule has 0 aliphatic carbocycles. The van der Waals surface area contributed by atoms with Crippen molar-refractivity contribution in [1.29, 1.82) is 0 Å². The molecule has 128 valence electrons. The summed E-state index contributed by atoms with van der Waals surface area (Å²) in [5, 5.41) is 0.602. The number of amides is 2. The van der Waals surface area contributed by atoms with Gasteiger partial charge in [0.2, 0.25) is 0 Å². The van der Waals surface area contributed by atoms with Gasteiger partial charge in [-0.2, -0.15) is 0 Å². The molecule has 0 unspecified atom stereocenters. The summed E-state index contributed by atoms with van der Waals surface area (Å²) in [7, 11) is 0. The number of rotatable bonds is 8. The average molecular weight is 331 g/mol. The van der Waals surface area contributed by atoms with Crippen molar-refractivity contribution in [2.45, 2.75) is 52.0 Å². The molecule has 6 nitrogen and oxygen atoms in total. The molecule has 1 aromatic heterocycles. The summed E-state index contributed by atoms with van der Waals surface area (Å²) in [6, 6.07) is 4.11. The topological polar surface area (TPSA) is 67.6 Å². The Balaban J connectivity index is 1.61. The van der Waals surface area contributed by atoms with Crippen molar-refractivity contribution in [3.05, 3.63) is 36.2 Å². The van der Waals surface area contributed by atoms with Gasteiger partial charge in [0.15, 0.2) is 12.4 Å². The van der Waals surface area contributed by atoms with Crippen LogP contribution in [0.25, 0.3) is 6.08 Å². The predicted octanol–water partition coefficient (Wildman–Crippen LogP) is 2.17. The Morgan fingerprint density at radius 2 is 1.83 bits per heavy atom. The number of nitrogens with zero attached hydrogens (tertiary/aromatic N) is 2. The van der Waals surface area contributed by atoms with E-state index in [1.54, 1.807) is 0 Å². The number of imide groups is 1. The lowest BCUT2D eigenvalue weighted by molar-refractivity contribution is -0.697. The van der Waals surface area contributed by atoms with Crippen LogP contribution in [0, 0.1) is 0 Å². The first-order valence-corrected chi connectivity index (χ1v) is 8.28. The number of aryl methyl sites for hydroxylation is 1. The van der Waals surface area contributed by atoms with Crippen LogP contribution in [0.2, 0.25) is 0 Å². The van der Waals surface area contributed by atoms with E-state index in [-0.39, 0.29) is 19.3 Å². The number of hydroxylamine groups is 2. The Morgan fingerprint density at radius 3 is 2.46 bits per heavy atom. The minimum atomic E-state index is -0.526. The molecule has 0 bridgehead atoms. The highest BCUT2D eigenvalue weighted by atomic mass is 16.7. The lowest BCUT2D eigenvalue weighted by atomic mass is 10.2. The number of hydrogen-bond donors (Lipinski definition) is 0. The van der Waals surface area contributed by atoms with Gasteiger partial charge in [-0.3, -0.25) is 9.59 Å². The maximum Gasteiger partial charge on any atom is 0.333 e. The van der Waals surface area contributed by atoms with Gasteiger partial charge in [-0.1, -0.05) is 12.2 Å². The third kappa shape index (κ3) is 5.30. The fraction of sp³-hybridized carbons (Fsp3) is 0.444. The second-order valence-corrected chi connectivity index (χ2v) is 5.73. The number of carbonyl (C=O) groups excluding carboxylic acids is 3. The van der Waals surface area contributed by atoms with Crippen LogP contribution in [0.4, 0.5) is 0 Å². The molecule has 2 heterocycles. The third-order valence-corrected chi connectivity index (χ3v) is 3.77. The van der Waals surface area contributed by atoms with Crippen LogP contribution >= 0.6 is 0 Å². The van der Waals surface area contributed by atoms with E-state index in [1.165, 1.54) is 5.56 Å². The molecule has 2 rings (SSSR count). The van der Waals surface area contributed by atoms with Crippen molar-refractivity contribution in [3.63, 3.8) is 0 Å². The molecule has 1 aliphatic heterocycles. The number of carbonyl (C=O) groups is 3. The van der Waals surface area contributed by atoms with Gasteiger partial charge < -0.3 is 4.84 Å². The van der Waals surface area contributed by atoms with Crippen molar-refractivity contribution in [3.8, 4) is 0 Å². The molecule has 1 fully saturated rings. The zero-order valence-electron chi connectivity index (χ0n) is 13.9. The standard InChI is InChI=1S/C18H23N2O4/c1-2-6-15-10-13-19(14-11-15)12-5-3-4-7-18(23)24-20-16(21)8-9-17(20)22/h2,6,10-11,13-14H,3-5,7-9,12H2,1H3/q+1/b6-2+. The normalized spacial score (nSPS) is 14.6. The van der Waals surface area contributed by atoms with Gasteiger partial charge in [0.1, 0.15) is 6.54 Å². The highest BCUT2D eigenvalue weighted by molar-refractivity contribution is 6.01. The molecule has 2 amide bonds. The van der Waals surface area contributed by atoms with Crippen LogP contribution in [0.1, 0.15) is 51.0 Å². The van der Waals surface area contributed by atoms with Crippen molar-refractivity contribution in [2.24, 2.45) is 0 Å². The quantitative estimate of drug-likeness (QED) is 0.416. The second-order valence-electron chi connectivity index (χ2n) is 5.73. The fourth-order valence-corrected chi connectivity index (χ4v) is 2.47. The minimum absolute atomic E-state index is 0.121. The van der Waals surface area contributed by atoms with Gasteiger partial charge in [0.05, 0.1) is 0 Å².